The quantitative estimate of drug-likeness (QED) is 0.221. The summed E-state index contributed by atoms with van der Waals surface area (Å²) in [7, 11) is 7.83. The summed E-state index contributed by atoms with van der Waals surface area (Å²) in [6.07, 6.45) is 4.60. The molecule has 0 bridgehead atoms. The van der Waals surface area contributed by atoms with Crippen molar-refractivity contribution in [1.82, 2.24) is 26.2 Å². The predicted molar refractivity (Wildman–Crippen MR) is 191 cm³/mol. The lowest BCUT2D eigenvalue weighted by atomic mass is 10.1. The molecule has 1 heterocycles. The molecule has 2 aromatic carbocycles. The molecule has 1 aliphatic rings. The van der Waals surface area contributed by atoms with E-state index in [4.69, 9.17) is 4.74 Å². The molecule has 0 spiro atoms. The van der Waals surface area contributed by atoms with Gasteiger partial charge >= 0.3 is 6.09 Å². The minimum Gasteiger partial charge on any atom is -0.444 e. The topological polar surface area (TPSA) is 165 Å². The third-order valence-electron chi connectivity index (χ3n) is 6.87. The first-order chi connectivity index (χ1) is 23.1. The van der Waals surface area contributed by atoms with E-state index in [0.717, 1.165) is 22.5 Å². The van der Waals surface area contributed by atoms with Crippen molar-refractivity contribution in [1.29, 1.82) is 0 Å². The zero-order valence-electron chi connectivity index (χ0n) is 29.1. The molecule has 3 rings (SSSR count). The number of anilines is 2. The molecule has 0 aromatic heterocycles. The van der Waals surface area contributed by atoms with Crippen LogP contribution in [0.2, 0.25) is 0 Å². The summed E-state index contributed by atoms with van der Waals surface area (Å²) >= 11 is 0. The summed E-state index contributed by atoms with van der Waals surface area (Å²) in [5.41, 5.74) is 3.39. The molecule has 0 fully saturated rings. The summed E-state index contributed by atoms with van der Waals surface area (Å²) in [4.78, 5) is 71.7. The van der Waals surface area contributed by atoms with E-state index in [1.165, 1.54) is 4.90 Å². The Bertz CT molecular complexity index is 1590. The molecular weight excluding hydrogens is 628 g/mol. The van der Waals surface area contributed by atoms with Crippen molar-refractivity contribution in [3.8, 4) is 0 Å². The highest BCUT2D eigenvalue weighted by molar-refractivity contribution is 6.18. The van der Waals surface area contributed by atoms with Crippen molar-refractivity contribution in [3.63, 3.8) is 0 Å². The predicted octanol–water partition coefficient (Wildman–Crippen LogP) is 1.99. The lowest BCUT2D eigenvalue weighted by Crippen LogP contribution is -2.45. The van der Waals surface area contributed by atoms with Crippen LogP contribution < -0.4 is 31.1 Å². The van der Waals surface area contributed by atoms with Gasteiger partial charge in [0.1, 0.15) is 23.7 Å². The number of nitrogens with zero attached hydrogens (tertiary/aromatic N) is 4. The first kappa shape index (κ1) is 37.8. The van der Waals surface area contributed by atoms with Crippen LogP contribution in [0.15, 0.2) is 65.3 Å². The average molecular weight is 675 g/mol. The standard InChI is InChI=1S/C35H46N8O6/c1-35(2,3)49-34(48)39-23-32(46)38-22-31(45)37-21-30(44)36-18-19-43-29(17-12-24-8-13-26(14-9-24)41(4)5)40-28(33(43)47)20-25-10-15-27(16-11-25)42(6)7/h8-17,20H,18-19,21-23H2,1-7H3,(H,36,44)(H,37,45)(H,38,46)(H,39,48)/b17-12+,28-20-. The molecule has 14 heteroatoms. The van der Waals surface area contributed by atoms with E-state index in [1.807, 2.05) is 92.6 Å². The van der Waals surface area contributed by atoms with Crippen LogP contribution in [0.3, 0.4) is 0 Å². The maximum absolute atomic E-state index is 13.5. The Labute approximate surface area is 287 Å². The number of ether oxygens (including phenoxy) is 1. The van der Waals surface area contributed by atoms with Gasteiger partial charge in [0.25, 0.3) is 5.91 Å². The van der Waals surface area contributed by atoms with Gasteiger partial charge in [-0.05, 0) is 68.3 Å². The number of alkyl carbamates (subject to hydrolysis) is 1. The van der Waals surface area contributed by atoms with Crippen LogP contribution >= 0.6 is 0 Å². The maximum atomic E-state index is 13.5. The Balaban J connectivity index is 1.55. The van der Waals surface area contributed by atoms with Crippen molar-refractivity contribution >= 4 is 59.1 Å². The number of amides is 5. The van der Waals surface area contributed by atoms with Gasteiger partial charge in [0.15, 0.2) is 0 Å². The second-order valence-corrected chi connectivity index (χ2v) is 12.5. The second kappa shape index (κ2) is 17.5. The van der Waals surface area contributed by atoms with Crippen LogP contribution in [0, 0.1) is 0 Å². The molecule has 4 N–H and O–H groups in total. The van der Waals surface area contributed by atoms with E-state index in [-0.39, 0.29) is 44.3 Å². The van der Waals surface area contributed by atoms with Crippen LogP contribution in [-0.2, 0) is 23.9 Å². The van der Waals surface area contributed by atoms with Crippen molar-refractivity contribution in [2.45, 2.75) is 26.4 Å². The fourth-order valence-corrected chi connectivity index (χ4v) is 4.31. The molecule has 0 aliphatic carbocycles. The summed E-state index contributed by atoms with van der Waals surface area (Å²) in [6.45, 7) is 4.21. The van der Waals surface area contributed by atoms with Gasteiger partial charge in [0.2, 0.25) is 17.7 Å². The molecule has 5 amide bonds. The first-order valence-corrected chi connectivity index (χ1v) is 15.7. The summed E-state index contributed by atoms with van der Waals surface area (Å²) < 4.78 is 5.04. The van der Waals surface area contributed by atoms with Gasteiger partial charge < -0.3 is 35.8 Å². The van der Waals surface area contributed by atoms with Gasteiger partial charge in [-0.25, -0.2) is 9.79 Å². The normalized spacial score (nSPS) is 13.6. The minimum atomic E-state index is -0.758. The van der Waals surface area contributed by atoms with Crippen molar-refractivity contribution in [2.75, 3.05) is 70.7 Å². The molecule has 49 heavy (non-hydrogen) atoms. The van der Waals surface area contributed by atoms with Gasteiger partial charge in [-0.3, -0.25) is 24.1 Å². The molecule has 0 radical (unpaired) electrons. The van der Waals surface area contributed by atoms with E-state index < -0.39 is 29.4 Å². The minimum absolute atomic E-state index is 0.0999. The average Bonchev–Trinajstić information content (AvgIpc) is 3.33. The van der Waals surface area contributed by atoms with Gasteiger partial charge in [-0.2, -0.15) is 0 Å². The number of hydrogen-bond donors (Lipinski definition) is 4. The van der Waals surface area contributed by atoms with Crippen molar-refractivity contribution in [3.05, 3.63) is 71.4 Å². The third kappa shape index (κ3) is 12.8. The maximum Gasteiger partial charge on any atom is 0.408 e. The molecule has 0 atom stereocenters. The van der Waals surface area contributed by atoms with Crippen LogP contribution in [0.4, 0.5) is 16.2 Å². The van der Waals surface area contributed by atoms with Crippen LogP contribution in [0.5, 0.6) is 0 Å². The van der Waals surface area contributed by atoms with Crippen LogP contribution in [0.1, 0.15) is 31.9 Å². The molecular formula is C35H46N8O6. The van der Waals surface area contributed by atoms with E-state index in [0.29, 0.717) is 5.84 Å². The lowest BCUT2D eigenvalue weighted by molar-refractivity contribution is -0.127. The molecule has 262 valence electrons. The number of aliphatic imine (C=N–C) groups is 1. The molecule has 0 unspecified atom stereocenters. The van der Waals surface area contributed by atoms with Gasteiger partial charge in [-0.1, -0.05) is 30.3 Å². The van der Waals surface area contributed by atoms with E-state index in [9.17, 15) is 24.0 Å². The number of amidine groups is 1. The number of rotatable bonds is 14. The Morgan fingerprint density at radius 3 is 1.73 bits per heavy atom. The van der Waals surface area contributed by atoms with Crippen molar-refractivity contribution < 1.29 is 28.7 Å². The summed E-state index contributed by atoms with van der Waals surface area (Å²) in [5.74, 6) is -1.56. The first-order valence-electron chi connectivity index (χ1n) is 15.7. The van der Waals surface area contributed by atoms with Crippen LogP contribution in [-0.4, -0.2) is 107 Å². The highest BCUT2D eigenvalue weighted by Gasteiger charge is 2.28. The largest absolute Gasteiger partial charge is 0.444 e. The Morgan fingerprint density at radius 2 is 1.22 bits per heavy atom. The zero-order chi connectivity index (χ0) is 36.1. The lowest BCUT2D eigenvalue weighted by Gasteiger charge is -2.19. The third-order valence-corrected chi connectivity index (χ3v) is 6.87. The molecule has 14 nitrogen and oxygen atoms in total. The number of carbonyl (C=O) groups excluding carboxylic acids is 5. The van der Waals surface area contributed by atoms with Crippen LogP contribution in [0.25, 0.3) is 12.2 Å². The molecule has 0 saturated heterocycles. The number of nitrogens with one attached hydrogen (secondary N) is 4. The van der Waals surface area contributed by atoms with E-state index in [2.05, 4.69) is 26.3 Å². The highest BCUT2D eigenvalue weighted by Crippen LogP contribution is 2.21. The molecule has 1 aliphatic heterocycles. The fourth-order valence-electron chi connectivity index (χ4n) is 4.31. The molecule has 0 saturated carbocycles. The van der Waals surface area contributed by atoms with Gasteiger partial charge in [0.05, 0.1) is 13.1 Å². The number of hydrogen-bond acceptors (Lipinski definition) is 9. The van der Waals surface area contributed by atoms with Crippen molar-refractivity contribution in [2.24, 2.45) is 4.99 Å². The SMILES string of the molecule is CN(C)c1ccc(/C=C2N=C(/C=C/c3ccc(N(C)C)cc3)N(CCNC(=O)CNC(=O)CNC(=O)CNC(=O)OC(C)(C)C)C\2=O)cc1. The Hall–Kier alpha value is -5.66. The smallest absolute Gasteiger partial charge is 0.408 e. The molecule has 2 aromatic rings. The van der Waals surface area contributed by atoms with E-state index in [1.54, 1.807) is 32.9 Å². The number of benzene rings is 2. The monoisotopic (exact) mass is 674 g/mol. The van der Waals surface area contributed by atoms with Gasteiger partial charge in [0, 0.05) is 52.7 Å². The second-order valence-electron chi connectivity index (χ2n) is 12.5. The Kier molecular flexibility index (Phi) is 13.5. The zero-order valence-corrected chi connectivity index (χ0v) is 29.1. The summed E-state index contributed by atoms with van der Waals surface area (Å²) in [6, 6.07) is 15.7. The fraction of sp³-hybridized carbons (Fsp3) is 0.371. The highest BCUT2D eigenvalue weighted by atomic mass is 16.6. The van der Waals surface area contributed by atoms with Gasteiger partial charge in [-0.15, -0.1) is 0 Å². The Morgan fingerprint density at radius 1 is 0.735 bits per heavy atom. The van der Waals surface area contributed by atoms with E-state index >= 15 is 0 Å². The summed E-state index contributed by atoms with van der Waals surface area (Å²) in [5, 5.41) is 9.75. The number of carbonyl (C=O) groups is 5.